The maximum absolute atomic E-state index is 13.5. The lowest BCUT2D eigenvalue weighted by atomic mass is 9.86. The highest BCUT2D eigenvalue weighted by Gasteiger charge is 2.97. The highest BCUT2D eigenvalue weighted by molar-refractivity contribution is 7.30. The Kier molecular flexibility index (Phi) is 8.97. The summed E-state index contributed by atoms with van der Waals surface area (Å²) in [5, 5.41) is 0. The van der Waals surface area contributed by atoms with Crippen LogP contribution in [0.25, 0.3) is 0 Å². The van der Waals surface area contributed by atoms with Gasteiger partial charge in [-0.3, -0.25) is 0 Å². The van der Waals surface area contributed by atoms with E-state index in [2.05, 4.69) is 4.52 Å². The molecule has 37 heavy (non-hydrogen) atoms. The zero-order valence-electron chi connectivity index (χ0n) is 16.0. The minimum Gasteiger partial charge on any atom is -0.566 e. The molecule has 0 radical (unpaired) electrons. The molecule has 0 heterocycles. The van der Waals surface area contributed by atoms with E-state index in [0.29, 0.717) is 0 Å². The van der Waals surface area contributed by atoms with Gasteiger partial charge in [0.15, 0.2) is 0 Å². The van der Waals surface area contributed by atoms with Crippen LogP contribution in [0.4, 0.5) is 92.2 Å². The van der Waals surface area contributed by atoms with Crippen molar-refractivity contribution in [1.82, 2.24) is 0 Å². The Balaban J connectivity index is 6.87. The van der Waals surface area contributed by atoms with Crippen molar-refractivity contribution in [2.75, 3.05) is 6.61 Å². The van der Waals surface area contributed by atoms with E-state index < -0.39 is 80.8 Å². The summed E-state index contributed by atoms with van der Waals surface area (Å²) in [6, 6.07) is 0. The molecular formula is C12H4F21O3P. The molecule has 0 bridgehead atoms. The van der Waals surface area contributed by atoms with Crippen molar-refractivity contribution in [1.29, 1.82) is 0 Å². The molecule has 1 unspecified atom stereocenters. The van der Waals surface area contributed by atoms with Crippen LogP contribution in [-0.2, 0) is 9.09 Å². The molecule has 0 aliphatic carbocycles. The first kappa shape index (κ1) is 35.5. The molecule has 3 nitrogen and oxygen atoms in total. The summed E-state index contributed by atoms with van der Waals surface area (Å²) in [6.45, 7) is -2.33. The lowest BCUT2D eigenvalue weighted by molar-refractivity contribution is -0.474. The first-order valence-corrected chi connectivity index (χ1v) is 9.00. The zero-order chi connectivity index (χ0) is 30.7. The van der Waals surface area contributed by atoms with Crippen molar-refractivity contribution in [2.45, 2.75) is 65.9 Å². The Morgan fingerprint density at radius 1 is 0.459 bits per heavy atom. The van der Waals surface area contributed by atoms with E-state index in [1.54, 1.807) is 0 Å². The molecule has 1 atom stereocenters. The van der Waals surface area contributed by atoms with Gasteiger partial charge in [-0.05, 0) is 4.57 Å². The second-order valence-corrected chi connectivity index (χ2v) is 7.31. The third kappa shape index (κ3) is 4.89. The lowest BCUT2D eigenvalue weighted by Gasteiger charge is -2.44. The molecule has 0 amide bonds. The van der Waals surface area contributed by atoms with Crippen LogP contribution < -0.4 is 4.89 Å². The number of halogens is 21. The number of hydrogen-bond donors (Lipinski definition) is 0. The summed E-state index contributed by atoms with van der Waals surface area (Å²) in [6.07, 6.45) is -11.2. The Labute approximate surface area is 188 Å². The molecule has 0 aromatic heterocycles. The van der Waals surface area contributed by atoms with E-state index in [9.17, 15) is 102 Å². The molecule has 0 fully saturated rings. The van der Waals surface area contributed by atoms with Gasteiger partial charge in [-0.2, -0.15) is 92.2 Å². The van der Waals surface area contributed by atoms with Gasteiger partial charge in [0.25, 0.3) is 0 Å². The lowest BCUT2D eigenvalue weighted by Crippen LogP contribution is -2.76. The molecule has 25 heteroatoms. The van der Waals surface area contributed by atoms with Crippen LogP contribution in [0.3, 0.4) is 0 Å². The molecule has 0 N–H and O–H groups in total. The molecule has 0 aliphatic heterocycles. The van der Waals surface area contributed by atoms with Crippen LogP contribution in [-0.4, -0.2) is 66.1 Å². The van der Waals surface area contributed by atoms with E-state index in [1.165, 1.54) is 0 Å². The number of alkyl halides is 21. The molecule has 0 aromatic carbocycles. The third-order valence-corrected chi connectivity index (χ3v) is 4.58. The molecule has 0 saturated heterocycles. The first-order valence-electron chi connectivity index (χ1n) is 7.91. The highest BCUT2D eigenvalue weighted by atomic mass is 31.1. The van der Waals surface area contributed by atoms with Gasteiger partial charge in [0.05, 0.1) is 0 Å². The van der Waals surface area contributed by atoms with Gasteiger partial charge in [-0.25, -0.2) is 0 Å². The Morgan fingerprint density at radius 3 is 0.946 bits per heavy atom. The topological polar surface area (TPSA) is 49.4 Å². The van der Waals surface area contributed by atoms with Gasteiger partial charge >= 0.3 is 67.7 Å². The van der Waals surface area contributed by atoms with Gasteiger partial charge < -0.3 is 4.89 Å². The van der Waals surface area contributed by atoms with Crippen LogP contribution >= 0.6 is 8.25 Å². The van der Waals surface area contributed by atoms with Crippen LogP contribution in [0.15, 0.2) is 0 Å². The fourth-order valence-electron chi connectivity index (χ4n) is 2.00. The minimum absolute atomic E-state index is 2.33. The van der Waals surface area contributed by atoms with Crippen LogP contribution in [0.1, 0.15) is 6.42 Å². The molecule has 0 spiro atoms. The average molecular weight is 626 g/mol. The Morgan fingerprint density at radius 2 is 0.703 bits per heavy atom. The van der Waals surface area contributed by atoms with Crippen LogP contribution in [0, 0.1) is 0 Å². The summed E-state index contributed by atoms with van der Waals surface area (Å²) < 4.78 is 288. The molecule has 0 saturated carbocycles. The molecule has 0 rings (SSSR count). The summed E-state index contributed by atoms with van der Waals surface area (Å²) >= 11 is 0. The van der Waals surface area contributed by atoms with Gasteiger partial charge in [0, 0.05) is 6.42 Å². The van der Waals surface area contributed by atoms with Crippen molar-refractivity contribution in [2.24, 2.45) is 0 Å². The van der Waals surface area contributed by atoms with Crippen molar-refractivity contribution < 1.29 is 106 Å². The van der Waals surface area contributed by atoms with Crippen molar-refractivity contribution in [3.05, 3.63) is 0 Å². The Bertz CT molecular complexity index is 846. The van der Waals surface area contributed by atoms with Crippen molar-refractivity contribution >= 4 is 8.25 Å². The summed E-state index contributed by atoms with van der Waals surface area (Å²) in [5.74, 6) is -77.8. The molecular weight excluding hydrogens is 622 g/mol. The predicted octanol–water partition coefficient (Wildman–Crippen LogP) is 6.69. The SMILES string of the molecule is O=[P+]([O-])OCCC(F)(F)C(F)(F)C(F)(F)C(F)(F)C(F)(F)C(F)(F)C(F)(F)C(F)(F)C(F)(F)C(F)(F)F. The van der Waals surface area contributed by atoms with Gasteiger partial charge in [0.2, 0.25) is 0 Å². The third-order valence-electron chi connectivity index (χ3n) is 4.19. The molecule has 0 aliphatic rings. The van der Waals surface area contributed by atoms with Gasteiger partial charge in [-0.15, -0.1) is 4.52 Å². The van der Waals surface area contributed by atoms with Crippen LogP contribution in [0.2, 0.25) is 0 Å². The quantitative estimate of drug-likeness (QED) is 0.179. The maximum Gasteiger partial charge on any atom is 0.488 e. The van der Waals surface area contributed by atoms with Gasteiger partial charge in [-0.1, -0.05) is 0 Å². The van der Waals surface area contributed by atoms with Crippen LogP contribution in [0.5, 0.6) is 0 Å². The average Bonchev–Trinajstić information content (AvgIpc) is 2.65. The summed E-state index contributed by atoms with van der Waals surface area (Å²) in [4.78, 5) is 9.92. The number of rotatable bonds is 12. The molecule has 222 valence electrons. The smallest absolute Gasteiger partial charge is 0.488 e. The van der Waals surface area contributed by atoms with E-state index in [-0.39, 0.29) is 0 Å². The van der Waals surface area contributed by atoms with Crippen molar-refractivity contribution in [3.63, 3.8) is 0 Å². The van der Waals surface area contributed by atoms with Gasteiger partial charge in [0.1, 0.15) is 6.61 Å². The largest absolute Gasteiger partial charge is 0.566 e. The molecule has 0 aromatic rings. The summed E-state index contributed by atoms with van der Waals surface area (Å²) in [7, 11) is -4.25. The van der Waals surface area contributed by atoms with Crippen molar-refractivity contribution in [3.8, 4) is 0 Å². The normalized spacial score (nSPS) is 16.8. The fraction of sp³-hybridized carbons (Fsp3) is 1.00. The maximum atomic E-state index is 13.5. The van der Waals surface area contributed by atoms with E-state index in [0.717, 1.165) is 0 Å². The summed E-state index contributed by atoms with van der Waals surface area (Å²) in [5.41, 5.74) is 0. The monoisotopic (exact) mass is 626 g/mol. The Hall–Kier alpha value is -1.45. The predicted molar refractivity (Wildman–Crippen MR) is 68.8 cm³/mol. The van der Waals surface area contributed by atoms with E-state index >= 15 is 0 Å². The number of hydrogen-bond acceptors (Lipinski definition) is 3. The zero-order valence-corrected chi connectivity index (χ0v) is 16.9. The van der Waals surface area contributed by atoms with E-state index in [4.69, 9.17) is 0 Å². The van der Waals surface area contributed by atoms with E-state index in [1.807, 2.05) is 0 Å². The second-order valence-electron chi connectivity index (χ2n) is 6.60. The first-order chi connectivity index (χ1) is 15.7. The highest BCUT2D eigenvalue weighted by Crippen LogP contribution is 2.66. The fourth-order valence-corrected chi connectivity index (χ4v) is 2.24. The second kappa shape index (κ2) is 9.33. The standard InChI is InChI=1S/C12H4F21O3P/c13-3(14,1-2-36-37(34)35)4(15,16)5(17,18)6(19,20)7(21,22)8(23,24)9(25,26)10(27,28)11(29,30)12(31,32)33/h1-2H2. The minimum atomic E-state index is -9.24.